The van der Waals surface area contributed by atoms with Crippen LogP contribution in [0.25, 0.3) is 0 Å². The summed E-state index contributed by atoms with van der Waals surface area (Å²) in [6, 6.07) is 8.35. The Morgan fingerprint density at radius 3 is 2.65 bits per heavy atom. The molecule has 2 aromatic rings. The van der Waals surface area contributed by atoms with E-state index in [4.69, 9.17) is 5.73 Å². The van der Waals surface area contributed by atoms with Crippen LogP contribution >= 0.6 is 11.3 Å². The minimum Gasteiger partial charge on any atom is -0.399 e. The van der Waals surface area contributed by atoms with Crippen molar-refractivity contribution < 1.29 is 8.42 Å². The fourth-order valence-corrected chi connectivity index (χ4v) is 4.67. The molecule has 0 spiro atoms. The summed E-state index contributed by atoms with van der Waals surface area (Å²) in [7, 11) is -3.47. The number of anilines is 1. The molecule has 3 N–H and O–H groups in total. The van der Waals surface area contributed by atoms with Crippen molar-refractivity contribution in [3.8, 4) is 0 Å². The third-order valence-electron chi connectivity index (χ3n) is 3.42. The molecule has 0 saturated carbocycles. The quantitative estimate of drug-likeness (QED) is 0.851. The number of thiophene rings is 1. The van der Waals surface area contributed by atoms with E-state index in [-0.39, 0.29) is 4.90 Å². The number of sulfonamides is 1. The molecule has 6 heteroatoms. The maximum absolute atomic E-state index is 12.1. The van der Waals surface area contributed by atoms with Crippen molar-refractivity contribution in [1.82, 2.24) is 4.72 Å². The second-order valence-corrected chi connectivity index (χ2v) is 7.90. The standard InChI is InChI=1S/C14H16N2O2S2/c15-11-4-6-13(7-5-11)20(17,18)16-9-12-8-10-2-1-3-14(10)19-12/h4-8,16H,1-3,9,15H2. The van der Waals surface area contributed by atoms with Crippen molar-refractivity contribution in [2.24, 2.45) is 0 Å². The number of nitrogens with one attached hydrogen (secondary N) is 1. The second kappa shape index (κ2) is 5.20. The lowest BCUT2D eigenvalue weighted by Crippen LogP contribution is -2.22. The summed E-state index contributed by atoms with van der Waals surface area (Å²) in [6.45, 7) is 0.352. The molecule has 0 bridgehead atoms. The van der Waals surface area contributed by atoms with E-state index >= 15 is 0 Å². The minimum absolute atomic E-state index is 0.246. The van der Waals surface area contributed by atoms with Crippen molar-refractivity contribution in [3.63, 3.8) is 0 Å². The predicted molar refractivity (Wildman–Crippen MR) is 81.2 cm³/mol. The highest BCUT2D eigenvalue weighted by Crippen LogP contribution is 2.30. The first-order chi connectivity index (χ1) is 9.54. The number of nitrogens with two attached hydrogens (primary N) is 1. The van der Waals surface area contributed by atoms with Gasteiger partial charge in [0.25, 0.3) is 0 Å². The van der Waals surface area contributed by atoms with Gasteiger partial charge in [-0.15, -0.1) is 11.3 Å². The van der Waals surface area contributed by atoms with Gasteiger partial charge in [0.05, 0.1) is 4.90 Å². The van der Waals surface area contributed by atoms with Crippen LogP contribution in [0.15, 0.2) is 35.2 Å². The zero-order valence-corrected chi connectivity index (χ0v) is 12.6. The molecule has 1 aromatic heterocycles. The van der Waals surface area contributed by atoms with Gasteiger partial charge in [-0.25, -0.2) is 13.1 Å². The Bertz CT molecular complexity index is 697. The molecule has 106 valence electrons. The van der Waals surface area contributed by atoms with Crippen LogP contribution in [0.3, 0.4) is 0 Å². The Kier molecular flexibility index (Phi) is 3.54. The highest BCUT2D eigenvalue weighted by Gasteiger charge is 2.17. The Labute approximate surface area is 122 Å². The molecule has 20 heavy (non-hydrogen) atoms. The zero-order chi connectivity index (χ0) is 14.2. The topological polar surface area (TPSA) is 72.2 Å². The van der Waals surface area contributed by atoms with Gasteiger partial charge in [0.15, 0.2) is 0 Å². The van der Waals surface area contributed by atoms with Gasteiger partial charge in [0.1, 0.15) is 0 Å². The second-order valence-electron chi connectivity index (χ2n) is 4.91. The van der Waals surface area contributed by atoms with E-state index in [0.29, 0.717) is 12.2 Å². The van der Waals surface area contributed by atoms with Crippen LogP contribution in [0.1, 0.15) is 21.7 Å². The lowest BCUT2D eigenvalue weighted by atomic mass is 10.2. The predicted octanol–water partition coefficient (Wildman–Crippen LogP) is 2.30. The average molecular weight is 308 g/mol. The van der Waals surface area contributed by atoms with Crippen LogP contribution < -0.4 is 10.5 Å². The molecule has 1 aliphatic rings. The van der Waals surface area contributed by atoms with Crippen LogP contribution in [0, 0.1) is 0 Å². The highest BCUT2D eigenvalue weighted by atomic mass is 32.2. The van der Waals surface area contributed by atoms with Gasteiger partial charge >= 0.3 is 0 Å². The van der Waals surface area contributed by atoms with Crippen LogP contribution in [0.5, 0.6) is 0 Å². The monoisotopic (exact) mass is 308 g/mol. The van der Waals surface area contributed by atoms with Gasteiger partial charge in [-0.3, -0.25) is 0 Å². The third-order valence-corrected chi connectivity index (χ3v) is 6.08. The molecule has 3 rings (SSSR count). The number of hydrogen-bond acceptors (Lipinski definition) is 4. The Hall–Kier alpha value is -1.37. The SMILES string of the molecule is Nc1ccc(S(=O)(=O)NCc2cc3c(s2)CCC3)cc1. The van der Waals surface area contributed by atoms with Gasteiger partial charge in [-0.05, 0) is 55.2 Å². The number of aryl methyl sites for hydroxylation is 2. The summed E-state index contributed by atoms with van der Waals surface area (Å²) in [6.07, 6.45) is 3.47. The molecule has 0 saturated heterocycles. The molecule has 0 radical (unpaired) electrons. The van der Waals surface area contributed by atoms with E-state index in [9.17, 15) is 8.42 Å². The van der Waals surface area contributed by atoms with Gasteiger partial charge in [-0.1, -0.05) is 0 Å². The average Bonchev–Trinajstić information content (AvgIpc) is 2.97. The summed E-state index contributed by atoms with van der Waals surface area (Å²) in [5.41, 5.74) is 7.50. The summed E-state index contributed by atoms with van der Waals surface area (Å²) in [5.74, 6) is 0. The minimum atomic E-state index is -3.47. The normalized spacial score (nSPS) is 14.4. The van der Waals surface area contributed by atoms with Crippen molar-refractivity contribution >= 4 is 27.0 Å². The number of nitrogen functional groups attached to an aromatic ring is 1. The van der Waals surface area contributed by atoms with Crippen molar-refractivity contribution in [2.45, 2.75) is 30.7 Å². The molecule has 0 aliphatic heterocycles. The molecule has 0 amide bonds. The summed E-state index contributed by atoms with van der Waals surface area (Å²) in [4.78, 5) is 2.73. The summed E-state index contributed by atoms with van der Waals surface area (Å²) in [5, 5.41) is 0. The Balaban J connectivity index is 1.71. The van der Waals surface area contributed by atoms with Crippen LogP contribution in [-0.4, -0.2) is 8.42 Å². The Morgan fingerprint density at radius 2 is 1.95 bits per heavy atom. The number of rotatable bonds is 4. The summed E-state index contributed by atoms with van der Waals surface area (Å²) >= 11 is 1.71. The molecule has 4 nitrogen and oxygen atoms in total. The molecule has 1 aromatic carbocycles. The number of hydrogen-bond donors (Lipinski definition) is 2. The van der Waals surface area contributed by atoms with Crippen LogP contribution in [0.2, 0.25) is 0 Å². The molecular weight excluding hydrogens is 292 g/mol. The van der Waals surface area contributed by atoms with Crippen molar-refractivity contribution in [2.75, 3.05) is 5.73 Å². The maximum Gasteiger partial charge on any atom is 0.240 e. The molecule has 0 unspecified atom stereocenters. The van der Waals surface area contributed by atoms with Crippen molar-refractivity contribution in [1.29, 1.82) is 0 Å². The smallest absolute Gasteiger partial charge is 0.240 e. The molecule has 0 atom stereocenters. The fourth-order valence-electron chi connectivity index (χ4n) is 2.37. The number of fused-ring (bicyclic) bond motifs is 1. The van der Waals surface area contributed by atoms with Crippen LogP contribution in [-0.2, 0) is 29.4 Å². The maximum atomic E-state index is 12.1. The first-order valence-electron chi connectivity index (χ1n) is 6.50. The van der Waals surface area contributed by atoms with Gasteiger partial charge in [0.2, 0.25) is 10.0 Å². The first kappa shape index (κ1) is 13.6. The molecule has 0 fully saturated rings. The van der Waals surface area contributed by atoms with Crippen LogP contribution in [0.4, 0.5) is 5.69 Å². The van der Waals surface area contributed by atoms with Gasteiger partial charge in [-0.2, -0.15) is 0 Å². The zero-order valence-electron chi connectivity index (χ0n) is 10.9. The molecular formula is C14H16N2O2S2. The highest BCUT2D eigenvalue weighted by molar-refractivity contribution is 7.89. The largest absolute Gasteiger partial charge is 0.399 e. The third kappa shape index (κ3) is 2.72. The van der Waals surface area contributed by atoms with E-state index in [1.54, 1.807) is 23.5 Å². The first-order valence-corrected chi connectivity index (χ1v) is 8.80. The van der Waals surface area contributed by atoms with E-state index in [2.05, 4.69) is 10.8 Å². The fraction of sp³-hybridized carbons (Fsp3) is 0.286. The van der Waals surface area contributed by atoms with E-state index in [1.807, 2.05) is 0 Å². The van der Waals surface area contributed by atoms with E-state index in [0.717, 1.165) is 17.7 Å². The summed E-state index contributed by atoms with van der Waals surface area (Å²) < 4.78 is 26.9. The molecule has 1 aliphatic carbocycles. The van der Waals surface area contributed by atoms with Gasteiger partial charge in [0, 0.05) is 22.0 Å². The lowest BCUT2D eigenvalue weighted by Gasteiger charge is -2.06. The van der Waals surface area contributed by atoms with Crippen molar-refractivity contribution in [3.05, 3.63) is 45.6 Å². The lowest BCUT2D eigenvalue weighted by molar-refractivity contribution is 0.582. The molecule has 1 heterocycles. The van der Waals surface area contributed by atoms with Gasteiger partial charge < -0.3 is 5.73 Å². The Morgan fingerprint density at radius 1 is 1.20 bits per heavy atom. The van der Waals surface area contributed by atoms with E-state index in [1.165, 1.54) is 29.0 Å². The number of benzene rings is 1. The van der Waals surface area contributed by atoms with E-state index < -0.39 is 10.0 Å².